The maximum absolute atomic E-state index is 12.4. The van der Waals surface area contributed by atoms with Crippen molar-refractivity contribution < 1.29 is 4.79 Å². The van der Waals surface area contributed by atoms with Crippen LogP contribution in [0.25, 0.3) is 0 Å². The monoisotopic (exact) mass is 297 g/mol. The van der Waals surface area contributed by atoms with Crippen LogP contribution in [0.15, 0.2) is 35.1 Å². The summed E-state index contributed by atoms with van der Waals surface area (Å²) in [7, 11) is 0. The van der Waals surface area contributed by atoms with E-state index in [-0.39, 0.29) is 11.6 Å². The number of aromatic nitrogens is 2. The second kappa shape index (κ2) is 5.75. The highest BCUT2D eigenvalue weighted by Crippen LogP contribution is 2.22. The summed E-state index contributed by atoms with van der Waals surface area (Å²) in [6.07, 6.45) is 0.319. The summed E-state index contributed by atoms with van der Waals surface area (Å²) < 4.78 is 1.56. The van der Waals surface area contributed by atoms with E-state index in [0.717, 1.165) is 5.69 Å². The van der Waals surface area contributed by atoms with Crippen molar-refractivity contribution in [2.75, 3.05) is 0 Å². The van der Waals surface area contributed by atoms with Crippen molar-refractivity contribution in [2.45, 2.75) is 39.9 Å². The summed E-state index contributed by atoms with van der Waals surface area (Å²) >= 11 is 0. The van der Waals surface area contributed by atoms with E-state index in [1.807, 2.05) is 30.0 Å². The van der Waals surface area contributed by atoms with Crippen LogP contribution in [-0.4, -0.2) is 20.4 Å². The molecule has 1 amide bonds. The SMILES string of the molecule is Cc1cc(C)n(CCC(=O)N2Cc3ccccc3C2)c(=O)n1. The Kier molecular flexibility index (Phi) is 3.79. The maximum atomic E-state index is 12.4. The van der Waals surface area contributed by atoms with Crippen molar-refractivity contribution in [1.29, 1.82) is 0 Å². The number of amides is 1. The third-order valence-corrected chi connectivity index (χ3v) is 4.09. The Balaban J connectivity index is 1.66. The number of hydrogen-bond donors (Lipinski definition) is 0. The van der Waals surface area contributed by atoms with Crippen LogP contribution in [0.4, 0.5) is 0 Å². The van der Waals surface area contributed by atoms with Gasteiger partial charge >= 0.3 is 5.69 Å². The Labute approximate surface area is 129 Å². The van der Waals surface area contributed by atoms with Gasteiger partial charge in [-0.2, -0.15) is 4.98 Å². The molecular weight excluding hydrogens is 278 g/mol. The van der Waals surface area contributed by atoms with E-state index >= 15 is 0 Å². The molecule has 2 heterocycles. The Morgan fingerprint density at radius 1 is 1.18 bits per heavy atom. The molecule has 1 aliphatic rings. The first-order valence-corrected chi connectivity index (χ1v) is 7.44. The topological polar surface area (TPSA) is 55.2 Å². The van der Waals surface area contributed by atoms with Gasteiger partial charge in [0.2, 0.25) is 5.91 Å². The molecule has 0 spiro atoms. The Morgan fingerprint density at radius 3 is 2.41 bits per heavy atom. The summed E-state index contributed by atoms with van der Waals surface area (Å²) in [5.74, 6) is 0.0723. The van der Waals surface area contributed by atoms with E-state index in [4.69, 9.17) is 0 Å². The minimum absolute atomic E-state index is 0.0723. The molecule has 5 heteroatoms. The van der Waals surface area contributed by atoms with Gasteiger partial charge in [-0.1, -0.05) is 24.3 Å². The number of hydrogen-bond acceptors (Lipinski definition) is 3. The van der Waals surface area contributed by atoms with Crippen LogP contribution in [0, 0.1) is 13.8 Å². The van der Waals surface area contributed by atoms with Crippen molar-refractivity contribution in [3.8, 4) is 0 Å². The lowest BCUT2D eigenvalue weighted by Gasteiger charge is -2.16. The van der Waals surface area contributed by atoms with Gasteiger partial charge in [0.1, 0.15) is 0 Å². The van der Waals surface area contributed by atoms with Crippen molar-refractivity contribution in [2.24, 2.45) is 0 Å². The molecule has 0 N–H and O–H groups in total. The summed E-state index contributed by atoms with van der Waals surface area (Å²) in [5.41, 5.74) is 3.69. The van der Waals surface area contributed by atoms with Gasteiger partial charge in [-0.3, -0.25) is 9.36 Å². The molecule has 0 radical (unpaired) electrons. The van der Waals surface area contributed by atoms with Gasteiger partial charge in [-0.15, -0.1) is 0 Å². The molecule has 0 saturated carbocycles. The fourth-order valence-corrected chi connectivity index (χ4v) is 2.92. The van der Waals surface area contributed by atoms with Crippen molar-refractivity contribution in [1.82, 2.24) is 14.5 Å². The van der Waals surface area contributed by atoms with E-state index in [9.17, 15) is 9.59 Å². The number of carbonyl (C=O) groups excluding carboxylic acids is 1. The summed E-state index contributed by atoms with van der Waals surface area (Å²) in [6, 6.07) is 9.96. The molecule has 0 aliphatic carbocycles. The van der Waals surface area contributed by atoms with Gasteiger partial charge in [0.25, 0.3) is 0 Å². The average molecular weight is 297 g/mol. The second-order valence-corrected chi connectivity index (χ2v) is 5.74. The largest absolute Gasteiger partial charge is 0.347 e. The number of rotatable bonds is 3. The van der Waals surface area contributed by atoms with Gasteiger partial charge in [0, 0.05) is 37.4 Å². The molecular formula is C17H19N3O2. The molecule has 1 aromatic carbocycles. The first-order valence-electron chi connectivity index (χ1n) is 7.44. The molecule has 2 aromatic rings. The van der Waals surface area contributed by atoms with Crippen molar-refractivity contribution in [3.63, 3.8) is 0 Å². The molecule has 0 atom stereocenters. The zero-order valence-electron chi connectivity index (χ0n) is 12.9. The predicted octanol–water partition coefficient (Wildman–Crippen LogP) is 1.79. The molecule has 22 heavy (non-hydrogen) atoms. The Bertz CT molecular complexity index is 755. The van der Waals surface area contributed by atoms with E-state index in [2.05, 4.69) is 17.1 Å². The number of carbonyl (C=O) groups is 1. The van der Waals surface area contributed by atoms with Crippen LogP contribution in [0.3, 0.4) is 0 Å². The summed E-state index contributed by atoms with van der Waals surface area (Å²) in [6.45, 7) is 5.37. The van der Waals surface area contributed by atoms with Crippen LogP contribution < -0.4 is 5.69 Å². The average Bonchev–Trinajstić information content (AvgIpc) is 2.89. The summed E-state index contributed by atoms with van der Waals surface area (Å²) in [5, 5.41) is 0. The molecule has 1 aromatic heterocycles. The normalized spacial score (nSPS) is 13.3. The minimum Gasteiger partial charge on any atom is -0.334 e. The lowest BCUT2D eigenvalue weighted by molar-refractivity contribution is -0.132. The van der Waals surface area contributed by atoms with Crippen LogP contribution in [0.2, 0.25) is 0 Å². The maximum Gasteiger partial charge on any atom is 0.347 e. The first-order chi connectivity index (χ1) is 10.5. The highest BCUT2D eigenvalue weighted by molar-refractivity contribution is 5.76. The van der Waals surface area contributed by atoms with Crippen molar-refractivity contribution >= 4 is 5.91 Å². The lowest BCUT2D eigenvalue weighted by atomic mass is 10.1. The molecule has 0 fully saturated rings. The van der Waals surface area contributed by atoms with Gasteiger partial charge in [-0.05, 0) is 31.0 Å². The van der Waals surface area contributed by atoms with Gasteiger partial charge in [-0.25, -0.2) is 4.79 Å². The van der Waals surface area contributed by atoms with Gasteiger partial charge in [0.05, 0.1) is 0 Å². The zero-order valence-corrected chi connectivity index (χ0v) is 12.9. The first kappa shape index (κ1) is 14.5. The molecule has 5 nitrogen and oxygen atoms in total. The molecule has 1 aliphatic heterocycles. The van der Waals surface area contributed by atoms with Crippen molar-refractivity contribution in [3.05, 3.63) is 63.3 Å². The van der Waals surface area contributed by atoms with E-state index in [1.165, 1.54) is 11.1 Å². The van der Waals surface area contributed by atoms with E-state index in [0.29, 0.717) is 31.7 Å². The van der Waals surface area contributed by atoms with Crippen LogP contribution in [0.1, 0.15) is 28.9 Å². The van der Waals surface area contributed by atoms with E-state index in [1.54, 1.807) is 11.5 Å². The van der Waals surface area contributed by atoms with Crippen LogP contribution in [-0.2, 0) is 24.4 Å². The fourth-order valence-electron chi connectivity index (χ4n) is 2.92. The molecule has 114 valence electrons. The standard InChI is InChI=1S/C17H19N3O2/c1-12-9-13(2)20(17(22)18-12)8-7-16(21)19-10-14-5-3-4-6-15(14)11-19/h3-6,9H,7-8,10-11H2,1-2H3. The Hall–Kier alpha value is -2.43. The third kappa shape index (κ3) is 2.79. The van der Waals surface area contributed by atoms with Gasteiger partial charge < -0.3 is 4.90 Å². The predicted molar refractivity (Wildman–Crippen MR) is 83.3 cm³/mol. The van der Waals surface area contributed by atoms with Crippen LogP contribution >= 0.6 is 0 Å². The summed E-state index contributed by atoms with van der Waals surface area (Å²) in [4.78, 5) is 30.0. The number of nitrogens with zero attached hydrogens (tertiary/aromatic N) is 3. The lowest BCUT2D eigenvalue weighted by Crippen LogP contribution is -2.30. The highest BCUT2D eigenvalue weighted by Gasteiger charge is 2.22. The van der Waals surface area contributed by atoms with E-state index < -0.39 is 0 Å². The smallest absolute Gasteiger partial charge is 0.334 e. The number of fused-ring (bicyclic) bond motifs is 1. The second-order valence-electron chi connectivity index (χ2n) is 5.74. The quantitative estimate of drug-likeness (QED) is 0.868. The molecule has 0 saturated heterocycles. The minimum atomic E-state index is -0.282. The van der Waals surface area contributed by atoms with Gasteiger partial charge in [0.15, 0.2) is 0 Å². The molecule has 0 bridgehead atoms. The third-order valence-electron chi connectivity index (χ3n) is 4.09. The molecule has 0 unspecified atom stereocenters. The number of benzene rings is 1. The highest BCUT2D eigenvalue weighted by atomic mass is 16.2. The van der Waals surface area contributed by atoms with Crippen LogP contribution in [0.5, 0.6) is 0 Å². The molecule has 3 rings (SSSR count). The number of aryl methyl sites for hydroxylation is 2. The Morgan fingerprint density at radius 2 is 1.82 bits per heavy atom. The fraction of sp³-hybridized carbons (Fsp3) is 0.353. The zero-order chi connectivity index (χ0) is 15.7.